The molecule has 0 fully saturated rings. The van der Waals surface area contributed by atoms with Gasteiger partial charge in [0.05, 0.1) is 5.69 Å². The third kappa shape index (κ3) is 2.70. The van der Waals surface area contributed by atoms with E-state index in [-0.39, 0.29) is 12.3 Å². The molecule has 0 aliphatic heterocycles. The van der Waals surface area contributed by atoms with Crippen molar-refractivity contribution in [2.75, 3.05) is 24.8 Å². The number of benzene rings is 1. The molecule has 14 heavy (non-hydrogen) atoms. The van der Waals surface area contributed by atoms with E-state index in [0.717, 1.165) is 6.07 Å². The van der Waals surface area contributed by atoms with Crippen LogP contribution in [0.2, 0.25) is 0 Å². The molecule has 0 spiro atoms. The first-order valence-corrected chi connectivity index (χ1v) is 3.97. The molecule has 0 unspecified atom stereocenters. The summed E-state index contributed by atoms with van der Waals surface area (Å²) in [5, 5.41) is 2.34. The van der Waals surface area contributed by atoms with E-state index in [1.807, 2.05) is 0 Å². The molecule has 0 aliphatic rings. The predicted molar refractivity (Wildman–Crippen MR) is 51.3 cm³/mol. The Balaban J connectivity index is 2.72. The van der Waals surface area contributed by atoms with Crippen LogP contribution in [0.5, 0.6) is 0 Å². The Kier molecular flexibility index (Phi) is 3.41. The van der Waals surface area contributed by atoms with Gasteiger partial charge in [-0.3, -0.25) is 4.79 Å². The van der Waals surface area contributed by atoms with Crippen molar-refractivity contribution < 1.29 is 13.9 Å². The van der Waals surface area contributed by atoms with Crippen molar-refractivity contribution in [3.05, 3.63) is 24.0 Å². The zero-order valence-electron chi connectivity index (χ0n) is 7.71. The fraction of sp³-hybridized carbons (Fsp3) is 0.222. The number of nitrogen functional groups attached to an aromatic ring is 1. The number of hydrogen-bond donors (Lipinski definition) is 2. The lowest BCUT2D eigenvalue weighted by Gasteiger charge is -2.05. The molecule has 1 amide bonds. The smallest absolute Gasteiger partial charge is 0.250 e. The minimum Gasteiger partial charge on any atom is -0.399 e. The topological polar surface area (TPSA) is 64.3 Å². The van der Waals surface area contributed by atoms with Crippen LogP contribution in [-0.2, 0) is 9.53 Å². The van der Waals surface area contributed by atoms with Crippen LogP contribution in [0.25, 0.3) is 0 Å². The van der Waals surface area contributed by atoms with Gasteiger partial charge in [-0.25, -0.2) is 4.39 Å². The summed E-state index contributed by atoms with van der Waals surface area (Å²) in [7, 11) is 1.39. The summed E-state index contributed by atoms with van der Waals surface area (Å²) in [6.07, 6.45) is 0. The first-order chi connectivity index (χ1) is 6.63. The zero-order valence-corrected chi connectivity index (χ0v) is 7.71. The molecule has 0 atom stereocenters. The molecule has 0 aliphatic carbocycles. The highest BCUT2D eigenvalue weighted by Crippen LogP contribution is 2.16. The first-order valence-electron chi connectivity index (χ1n) is 3.97. The molecule has 0 bridgehead atoms. The first kappa shape index (κ1) is 10.5. The molecule has 0 heterocycles. The van der Waals surface area contributed by atoms with E-state index < -0.39 is 11.7 Å². The van der Waals surface area contributed by atoms with Crippen LogP contribution in [-0.4, -0.2) is 19.6 Å². The number of carbonyl (C=O) groups excluding carboxylic acids is 1. The Morgan fingerprint density at radius 3 is 2.93 bits per heavy atom. The molecule has 0 radical (unpaired) electrons. The summed E-state index contributed by atoms with van der Waals surface area (Å²) in [5.41, 5.74) is 5.75. The Bertz CT molecular complexity index is 342. The van der Waals surface area contributed by atoms with Crippen LogP contribution in [0, 0.1) is 5.82 Å². The summed E-state index contributed by atoms with van der Waals surface area (Å²) in [6.45, 7) is -0.107. The number of ether oxygens (including phenoxy) is 1. The Morgan fingerprint density at radius 2 is 2.36 bits per heavy atom. The summed E-state index contributed by atoms with van der Waals surface area (Å²) < 4.78 is 17.7. The van der Waals surface area contributed by atoms with E-state index in [0.29, 0.717) is 5.69 Å². The molecule has 1 aromatic carbocycles. The second-order valence-electron chi connectivity index (χ2n) is 2.72. The molecule has 0 saturated heterocycles. The van der Waals surface area contributed by atoms with Gasteiger partial charge < -0.3 is 15.8 Å². The van der Waals surface area contributed by atoms with Gasteiger partial charge in [0.1, 0.15) is 12.4 Å². The number of anilines is 2. The fourth-order valence-corrected chi connectivity index (χ4v) is 0.950. The molecular weight excluding hydrogens is 187 g/mol. The van der Waals surface area contributed by atoms with E-state index in [2.05, 4.69) is 10.1 Å². The van der Waals surface area contributed by atoms with Gasteiger partial charge in [-0.2, -0.15) is 0 Å². The van der Waals surface area contributed by atoms with Crippen LogP contribution < -0.4 is 11.1 Å². The van der Waals surface area contributed by atoms with Gasteiger partial charge in [-0.15, -0.1) is 0 Å². The number of carbonyl (C=O) groups is 1. The van der Waals surface area contributed by atoms with E-state index in [9.17, 15) is 9.18 Å². The van der Waals surface area contributed by atoms with Crippen molar-refractivity contribution in [2.24, 2.45) is 0 Å². The molecule has 4 nitrogen and oxygen atoms in total. The van der Waals surface area contributed by atoms with Gasteiger partial charge >= 0.3 is 0 Å². The van der Waals surface area contributed by atoms with E-state index >= 15 is 0 Å². The predicted octanol–water partition coefficient (Wildman–Crippen LogP) is 0.993. The van der Waals surface area contributed by atoms with Gasteiger partial charge in [-0.1, -0.05) is 0 Å². The van der Waals surface area contributed by atoms with E-state index in [4.69, 9.17) is 5.73 Å². The maximum atomic E-state index is 13.1. The van der Waals surface area contributed by atoms with Crippen molar-refractivity contribution in [1.82, 2.24) is 0 Å². The second-order valence-corrected chi connectivity index (χ2v) is 2.72. The number of halogens is 1. The summed E-state index contributed by atoms with van der Waals surface area (Å²) in [5.74, 6) is -0.967. The average molecular weight is 198 g/mol. The van der Waals surface area contributed by atoms with Crippen molar-refractivity contribution in [2.45, 2.75) is 0 Å². The van der Waals surface area contributed by atoms with Gasteiger partial charge in [-0.05, 0) is 18.2 Å². The summed E-state index contributed by atoms with van der Waals surface area (Å²) in [4.78, 5) is 11.0. The van der Waals surface area contributed by atoms with Crippen LogP contribution in [0.3, 0.4) is 0 Å². The monoisotopic (exact) mass is 198 g/mol. The fourth-order valence-electron chi connectivity index (χ4n) is 0.950. The highest BCUT2D eigenvalue weighted by molar-refractivity contribution is 5.91. The van der Waals surface area contributed by atoms with Crippen LogP contribution >= 0.6 is 0 Å². The molecule has 5 heteroatoms. The molecular formula is C9H11FN2O2. The third-order valence-corrected chi connectivity index (χ3v) is 1.54. The standard InChI is InChI=1S/C9H11FN2O2/c1-14-5-9(13)12-8-3-2-6(11)4-7(8)10/h2-4H,5,11H2,1H3,(H,12,13). The lowest BCUT2D eigenvalue weighted by molar-refractivity contribution is -0.119. The molecule has 1 aromatic rings. The van der Waals surface area contributed by atoms with Crippen molar-refractivity contribution in [3.63, 3.8) is 0 Å². The molecule has 0 saturated carbocycles. The highest BCUT2D eigenvalue weighted by Gasteiger charge is 2.06. The van der Waals surface area contributed by atoms with Crippen LogP contribution in [0.1, 0.15) is 0 Å². The van der Waals surface area contributed by atoms with Crippen molar-refractivity contribution in [3.8, 4) is 0 Å². The minimum absolute atomic E-state index is 0.0984. The number of amides is 1. The Labute approximate surface area is 80.9 Å². The molecule has 3 N–H and O–H groups in total. The third-order valence-electron chi connectivity index (χ3n) is 1.54. The van der Waals surface area contributed by atoms with E-state index in [1.165, 1.54) is 19.2 Å². The largest absolute Gasteiger partial charge is 0.399 e. The number of nitrogens with one attached hydrogen (secondary N) is 1. The van der Waals surface area contributed by atoms with Crippen LogP contribution in [0.15, 0.2) is 18.2 Å². The highest BCUT2D eigenvalue weighted by atomic mass is 19.1. The van der Waals surface area contributed by atoms with Crippen molar-refractivity contribution in [1.29, 1.82) is 0 Å². The number of nitrogens with two attached hydrogens (primary N) is 1. The SMILES string of the molecule is COCC(=O)Nc1ccc(N)cc1F. The average Bonchev–Trinajstić information content (AvgIpc) is 2.10. The van der Waals surface area contributed by atoms with Gasteiger partial charge in [0, 0.05) is 12.8 Å². The normalized spacial score (nSPS) is 9.86. The molecule has 76 valence electrons. The number of methoxy groups -OCH3 is 1. The molecule has 1 rings (SSSR count). The van der Waals surface area contributed by atoms with Gasteiger partial charge in [0.2, 0.25) is 5.91 Å². The zero-order chi connectivity index (χ0) is 10.6. The minimum atomic E-state index is -0.561. The number of hydrogen-bond acceptors (Lipinski definition) is 3. The Hall–Kier alpha value is -1.62. The van der Waals surface area contributed by atoms with Gasteiger partial charge in [0.25, 0.3) is 0 Å². The maximum absolute atomic E-state index is 13.1. The van der Waals surface area contributed by atoms with Crippen LogP contribution in [0.4, 0.5) is 15.8 Å². The summed E-state index contributed by atoms with van der Waals surface area (Å²) >= 11 is 0. The molecule has 0 aromatic heterocycles. The van der Waals surface area contributed by atoms with Gasteiger partial charge in [0.15, 0.2) is 0 Å². The quantitative estimate of drug-likeness (QED) is 0.712. The lowest BCUT2D eigenvalue weighted by Crippen LogP contribution is -2.17. The Morgan fingerprint density at radius 1 is 1.64 bits per heavy atom. The second kappa shape index (κ2) is 4.57. The summed E-state index contributed by atoms with van der Waals surface area (Å²) in [6, 6.07) is 4.05. The maximum Gasteiger partial charge on any atom is 0.250 e. The number of rotatable bonds is 3. The van der Waals surface area contributed by atoms with Crippen molar-refractivity contribution >= 4 is 17.3 Å². The van der Waals surface area contributed by atoms with E-state index in [1.54, 1.807) is 0 Å². The lowest BCUT2D eigenvalue weighted by atomic mass is 10.2.